The Morgan fingerprint density at radius 1 is 0.957 bits per heavy atom. The molecule has 1 fully saturated rings. The first-order chi connectivity index (χ1) is 10.7. The summed E-state index contributed by atoms with van der Waals surface area (Å²) in [6.07, 6.45) is 2.23. The molecule has 0 radical (unpaired) electrons. The summed E-state index contributed by atoms with van der Waals surface area (Å²) in [6.45, 7) is 18.5. The van der Waals surface area contributed by atoms with Crippen LogP contribution in [0, 0.1) is 0 Å². The number of nitrogens with zero attached hydrogens (tertiary/aromatic N) is 1. The summed E-state index contributed by atoms with van der Waals surface area (Å²) < 4.78 is 5.43. The van der Waals surface area contributed by atoms with Gasteiger partial charge < -0.3 is 20.7 Å². The smallest absolute Gasteiger partial charge is 0.0989 e. The predicted molar refractivity (Wildman–Crippen MR) is 98.9 cm³/mol. The molecule has 0 amide bonds. The zero-order valence-electron chi connectivity index (χ0n) is 16.5. The predicted octanol–water partition coefficient (Wildman–Crippen LogP) is 1.79. The molecule has 3 N–H and O–H groups in total. The Morgan fingerprint density at radius 2 is 1.57 bits per heavy atom. The second-order valence-corrected chi connectivity index (χ2v) is 8.46. The van der Waals surface area contributed by atoms with Crippen molar-refractivity contribution in [2.45, 2.75) is 77.5 Å². The summed E-state index contributed by atoms with van der Waals surface area (Å²) in [4.78, 5) is 2.43. The number of hydrogen-bond acceptors (Lipinski definition) is 5. The molecule has 0 aromatic rings. The van der Waals surface area contributed by atoms with Gasteiger partial charge in [0.2, 0.25) is 0 Å². The zero-order chi connectivity index (χ0) is 17.5. The van der Waals surface area contributed by atoms with Gasteiger partial charge in [-0.2, -0.15) is 0 Å². The van der Waals surface area contributed by atoms with Crippen molar-refractivity contribution >= 4 is 0 Å². The maximum atomic E-state index is 5.43. The highest BCUT2D eigenvalue weighted by Gasteiger charge is 2.26. The maximum absolute atomic E-state index is 5.43. The fourth-order valence-electron chi connectivity index (χ4n) is 3.68. The van der Waals surface area contributed by atoms with E-state index in [9.17, 15) is 0 Å². The number of rotatable bonds is 2. The van der Waals surface area contributed by atoms with E-state index in [1.807, 2.05) is 0 Å². The minimum Gasteiger partial charge on any atom is -0.369 e. The van der Waals surface area contributed by atoms with Crippen LogP contribution in [0.2, 0.25) is 0 Å². The normalized spacial score (nSPS) is 31.4. The molecule has 1 aliphatic rings. The molecule has 0 aliphatic carbocycles. The Balaban J connectivity index is 2.75. The molecule has 0 spiro atoms. The van der Waals surface area contributed by atoms with Gasteiger partial charge in [0.15, 0.2) is 0 Å². The summed E-state index contributed by atoms with van der Waals surface area (Å²) in [5, 5.41) is 11.1. The highest BCUT2D eigenvalue weighted by Crippen LogP contribution is 2.17. The minimum absolute atomic E-state index is 0.132. The molecule has 1 heterocycles. The Kier molecular flexibility index (Phi) is 8.45. The van der Waals surface area contributed by atoms with E-state index in [1.165, 1.54) is 0 Å². The first-order valence-electron chi connectivity index (χ1n) is 9.12. The zero-order valence-corrected chi connectivity index (χ0v) is 16.5. The van der Waals surface area contributed by atoms with Crippen molar-refractivity contribution in [1.82, 2.24) is 20.9 Å². The van der Waals surface area contributed by atoms with Gasteiger partial charge in [-0.05, 0) is 54.4 Å². The van der Waals surface area contributed by atoms with Crippen molar-refractivity contribution in [3.63, 3.8) is 0 Å². The Labute approximate surface area is 143 Å². The molecule has 2 atom stereocenters. The molecule has 5 heteroatoms. The number of ether oxygens (including phenoxy) is 1. The van der Waals surface area contributed by atoms with Crippen molar-refractivity contribution < 1.29 is 4.74 Å². The molecule has 1 saturated heterocycles. The van der Waals surface area contributed by atoms with E-state index < -0.39 is 0 Å². The average molecular weight is 329 g/mol. The summed E-state index contributed by atoms with van der Waals surface area (Å²) in [5.41, 5.74) is 0.276. The van der Waals surface area contributed by atoms with Crippen LogP contribution in [0.4, 0.5) is 0 Å². The summed E-state index contributed by atoms with van der Waals surface area (Å²) in [6, 6.07) is 0.997. The second-order valence-electron chi connectivity index (χ2n) is 8.46. The van der Waals surface area contributed by atoms with Crippen LogP contribution in [0.5, 0.6) is 0 Å². The quantitative estimate of drug-likeness (QED) is 0.721. The van der Waals surface area contributed by atoms with E-state index in [0.717, 1.165) is 39.0 Å². The molecule has 1 rings (SSSR count). The third-order valence-electron chi connectivity index (χ3n) is 4.76. The van der Waals surface area contributed by atoms with E-state index in [1.54, 1.807) is 7.11 Å². The molecule has 0 bridgehead atoms. The van der Waals surface area contributed by atoms with Crippen LogP contribution in [0.1, 0.15) is 54.4 Å². The third-order valence-corrected chi connectivity index (χ3v) is 4.76. The fourth-order valence-corrected chi connectivity index (χ4v) is 3.68. The van der Waals surface area contributed by atoms with Gasteiger partial charge in [0.05, 0.1) is 6.73 Å². The molecule has 0 unspecified atom stereocenters. The molecule has 23 heavy (non-hydrogen) atoms. The molecule has 0 aromatic heterocycles. The van der Waals surface area contributed by atoms with Gasteiger partial charge in [0.1, 0.15) is 0 Å². The van der Waals surface area contributed by atoms with E-state index in [4.69, 9.17) is 4.74 Å². The first-order valence-corrected chi connectivity index (χ1v) is 9.12. The van der Waals surface area contributed by atoms with Crippen LogP contribution in [0.15, 0.2) is 0 Å². The molecule has 138 valence electrons. The van der Waals surface area contributed by atoms with Crippen molar-refractivity contribution in [3.05, 3.63) is 0 Å². The third kappa shape index (κ3) is 8.45. The molecule has 0 aromatic carbocycles. The van der Waals surface area contributed by atoms with Crippen LogP contribution in [-0.4, -0.2) is 68.1 Å². The van der Waals surface area contributed by atoms with Crippen LogP contribution in [0.25, 0.3) is 0 Å². The molecular formula is C18H40N4O. The lowest BCUT2D eigenvalue weighted by Crippen LogP contribution is -2.52. The van der Waals surface area contributed by atoms with E-state index >= 15 is 0 Å². The standard InChI is InChI=1S/C18H40N4O/c1-15-12-17(3,4)21-10-11-22(14-23-7)16(2)13-18(5,6)20-9-8-19-15/h15-16,19-21H,8-14H2,1-7H3/t15-,16+/m1/s1. The summed E-state index contributed by atoms with van der Waals surface area (Å²) in [5.74, 6) is 0. The van der Waals surface area contributed by atoms with Crippen LogP contribution in [-0.2, 0) is 4.74 Å². The summed E-state index contributed by atoms with van der Waals surface area (Å²) in [7, 11) is 1.78. The highest BCUT2D eigenvalue weighted by molar-refractivity contribution is 4.86. The molecule has 1 aliphatic heterocycles. The Hall–Kier alpha value is -0.200. The van der Waals surface area contributed by atoms with Gasteiger partial charge in [0.25, 0.3) is 0 Å². The largest absolute Gasteiger partial charge is 0.369 e. The number of methoxy groups -OCH3 is 1. The van der Waals surface area contributed by atoms with Gasteiger partial charge in [-0.3, -0.25) is 4.90 Å². The lowest BCUT2D eigenvalue weighted by atomic mass is 9.94. The van der Waals surface area contributed by atoms with Crippen molar-refractivity contribution in [3.8, 4) is 0 Å². The average Bonchev–Trinajstić information content (AvgIpc) is 2.40. The van der Waals surface area contributed by atoms with Gasteiger partial charge in [-0.25, -0.2) is 0 Å². The van der Waals surface area contributed by atoms with E-state index in [2.05, 4.69) is 62.4 Å². The Bertz CT molecular complexity index is 333. The van der Waals surface area contributed by atoms with Crippen LogP contribution < -0.4 is 16.0 Å². The summed E-state index contributed by atoms with van der Waals surface area (Å²) >= 11 is 0. The first kappa shape index (κ1) is 20.8. The monoisotopic (exact) mass is 328 g/mol. The molecule has 5 nitrogen and oxygen atoms in total. The van der Waals surface area contributed by atoms with Crippen LogP contribution >= 0.6 is 0 Å². The fraction of sp³-hybridized carbons (Fsp3) is 1.00. The van der Waals surface area contributed by atoms with Gasteiger partial charge in [-0.1, -0.05) is 0 Å². The minimum atomic E-state index is 0.132. The topological polar surface area (TPSA) is 48.6 Å². The van der Waals surface area contributed by atoms with Gasteiger partial charge in [-0.15, -0.1) is 0 Å². The second kappa shape index (κ2) is 9.33. The van der Waals surface area contributed by atoms with Gasteiger partial charge in [0, 0.05) is 56.5 Å². The van der Waals surface area contributed by atoms with Crippen LogP contribution in [0.3, 0.4) is 0 Å². The lowest BCUT2D eigenvalue weighted by molar-refractivity contribution is 0.0276. The van der Waals surface area contributed by atoms with Crippen molar-refractivity contribution in [2.75, 3.05) is 40.0 Å². The maximum Gasteiger partial charge on any atom is 0.0989 e. The number of nitrogens with one attached hydrogen (secondary N) is 3. The molecule has 0 saturated carbocycles. The van der Waals surface area contributed by atoms with E-state index in [-0.39, 0.29) is 11.1 Å². The lowest BCUT2D eigenvalue weighted by Gasteiger charge is -2.37. The van der Waals surface area contributed by atoms with E-state index in [0.29, 0.717) is 18.8 Å². The highest BCUT2D eigenvalue weighted by atomic mass is 16.5. The molecular weight excluding hydrogens is 288 g/mol. The Morgan fingerprint density at radius 3 is 2.22 bits per heavy atom. The van der Waals surface area contributed by atoms with Crippen molar-refractivity contribution in [1.29, 1.82) is 0 Å². The van der Waals surface area contributed by atoms with Crippen molar-refractivity contribution in [2.24, 2.45) is 0 Å². The van der Waals surface area contributed by atoms with Gasteiger partial charge >= 0.3 is 0 Å². The number of hydrogen-bond donors (Lipinski definition) is 3. The SMILES string of the molecule is COCN1CCNC(C)(C)C[C@@H](C)NCCNC(C)(C)C[C@@H]1C.